The van der Waals surface area contributed by atoms with Crippen molar-refractivity contribution in [2.24, 2.45) is 0 Å². The lowest BCUT2D eigenvalue weighted by molar-refractivity contribution is -0.120. The first-order valence-corrected chi connectivity index (χ1v) is 6.37. The number of hydrogen-bond donors (Lipinski definition) is 1. The zero-order chi connectivity index (χ0) is 14.0. The summed E-state index contributed by atoms with van der Waals surface area (Å²) in [5.41, 5.74) is 1.31. The van der Waals surface area contributed by atoms with Crippen molar-refractivity contribution < 1.29 is 18.3 Å². The van der Waals surface area contributed by atoms with Gasteiger partial charge in [-0.3, -0.25) is 0 Å². The van der Waals surface area contributed by atoms with E-state index in [0.717, 1.165) is 12.8 Å². The summed E-state index contributed by atoms with van der Waals surface area (Å²) in [4.78, 5) is 5.56. The molecule has 0 spiro atoms. The number of pyridine rings is 1. The molecular formula is C13H17F3N2O. The quantitative estimate of drug-likeness (QED) is 0.896. The molecular weight excluding hydrogens is 257 g/mol. The Morgan fingerprint density at radius 3 is 2.53 bits per heavy atom. The van der Waals surface area contributed by atoms with Crippen LogP contribution in [0.4, 0.5) is 19.0 Å². The largest absolute Gasteiger partial charge is 0.405 e. The van der Waals surface area contributed by atoms with E-state index < -0.39 is 12.7 Å². The second kappa shape index (κ2) is 5.36. The lowest BCUT2D eigenvalue weighted by Crippen LogP contribution is -2.36. The summed E-state index contributed by atoms with van der Waals surface area (Å²) in [6, 6.07) is 3.19. The second-order valence-electron chi connectivity index (χ2n) is 4.81. The molecule has 1 aromatic rings. The molecule has 0 aromatic carbocycles. The molecule has 6 heteroatoms. The van der Waals surface area contributed by atoms with E-state index in [-0.39, 0.29) is 12.6 Å². The lowest BCUT2D eigenvalue weighted by Gasteiger charge is -2.25. The number of aliphatic hydroxyl groups is 1. The molecule has 1 fully saturated rings. The topological polar surface area (TPSA) is 36.4 Å². The average Bonchev–Trinajstić information content (AvgIpc) is 3.18. The molecule has 1 N–H and O–H groups in total. The van der Waals surface area contributed by atoms with Crippen molar-refractivity contribution in [2.75, 3.05) is 11.4 Å². The maximum atomic E-state index is 12.6. The summed E-state index contributed by atoms with van der Waals surface area (Å²) < 4.78 is 37.9. The predicted molar refractivity (Wildman–Crippen MR) is 66.0 cm³/mol. The van der Waals surface area contributed by atoms with Crippen LogP contribution >= 0.6 is 0 Å². The van der Waals surface area contributed by atoms with Crippen molar-refractivity contribution in [3.8, 4) is 0 Å². The molecule has 0 aliphatic heterocycles. The van der Waals surface area contributed by atoms with E-state index >= 15 is 0 Å². The number of alkyl halides is 3. The molecule has 0 bridgehead atoms. The van der Waals surface area contributed by atoms with Gasteiger partial charge in [0.2, 0.25) is 0 Å². The van der Waals surface area contributed by atoms with Gasteiger partial charge in [0.1, 0.15) is 12.4 Å². The van der Waals surface area contributed by atoms with E-state index in [9.17, 15) is 18.3 Å². The number of anilines is 1. The standard InChI is InChI=1S/C13H17F3N2O/c1-2-10-5-9(7-19)6-12(17-10)18(11-3-4-11)8-13(14,15)16/h5-6,11,19H,2-4,7-8H2,1H3. The molecule has 0 saturated heterocycles. The molecule has 3 nitrogen and oxygen atoms in total. The van der Waals surface area contributed by atoms with Crippen molar-refractivity contribution in [2.45, 2.75) is 45.0 Å². The average molecular weight is 274 g/mol. The first-order chi connectivity index (χ1) is 8.93. The van der Waals surface area contributed by atoms with Crippen LogP contribution in [0.1, 0.15) is 31.0 Å². The number of halogens is 3. The van der Waals surface area contributed by atoms with Crippen LogP contribution in [0.15, 0.2) is 12.1 Å². The molecule has 1 aromatic heterocycles. The van der Waals surface area contributed by atoms with Gasteiger partial charge in [-0.25, -0.2) is 4.98 Å². The molecule has 106 valence electrons. The summed E-state index contributed by atoms with van der Waals surface area (Å²) in [6.45, 7) is 0.717. The fourth-order valence-corrected chi connectivity index (χ4v) is 2.03. The van der Waals surface area contributed by atoms with E-state index in [1.165, 1.54) is 4.90 Å². The fraction of sp³-hybridized carbons (Fsp3) is 0.615. The van der Waals surface area contributed by atoms with Gasteiger partial charge in [-0.1, -0.05) is 6.92 Å². The first-order valence-electron chi connectivity index (χ1n) is 6.37. The molecule has 1 saturated carbocycles. The molecule has 0 atom stereocenters. The van der Waals surface area contributed by atoms with Crippen LogP contribution in [0, 0.1) is 0 Å². The summed E-state index contributed by atoms with van der Waals surface area (Å²) in [7, 11) is 0. The van der Waals surface area contributed by atoms with Crippen molar-refractivity contribution in [1.82, 2.24) is 4.98 Å². The van der Waals surface area contributed by atoms with E-state index in [0.29, 0.717) is 23.5 Å². The minimum absolute atomic E-state index is 0.0761. The zero-order valence-corrected chi connectivity index (χ0v) is 10.7. The van der Waals surface area contributed by atoms with Gasteiger partial charge in [-0.05, 0) is 37.0 Å². The van der Waals surface area contributed by atoms with Gasteiger partial charge in [0.05, 0.1) is 6.61 Å². The molecule has 19 heavy (non-hydrogen) atoms. The predicted octanol–water partition coefficient (Wildman–Crippen LogP) is 2.67. The normalized spacial score (nSPS) is 15.6. The Morgan fingerprint density at radius 2 is 2.05 bits per heavy atom. The Hall–Kier alpha value is -1.30. The van der Waals surface area contributed by atoms with Gasteiger partial charge in [0.25, 0.3) is 0 Å². The lowest BCUT2D eigenvalue weighted by atomic mass is 10.2. The molecule has 1 heterocycles. The Morgan fingerprint density at radius 1 is 1.37 bits per heavy atom. The zero-order valence-electron chi connectivity index (χ0n) is 10.7. The van der Waals surface area contributed by atoms with Gasteiger partial charge in [-0.2, -0.15) is 13.2 Å². The van der Waals surface area contributed by atoms with E-state index in [1.807, 2.05) is 6.92 Å². The monoisotopic (exact) mass is 274 g/mol. The minimum Gasteiger partial charge on any atom is -0.392 e. The third-order valence-corrected chi connectivity index (χ3v) is 3.10. The molecule has 0 amide bonds. The highest BCUT2D eigenvalue weighted by Gasteiger charge is 2.38. The third kappa shape index (κ3) is 3.83. The van der Waals surface area contributed by atoms with Crippen LogP contribution in [0.3, 0.4) is 0 Å². The summed E-state index contributed by atoms with van der Waals surface area (Å²) in [5.74, 6) is 0.322. The molecule has 1 aliphatic rings. The fourth-order valence-electron chi connectivity index (χ4n) is 2.03. The third-order valence-electron chi connectivity index (χ3n) is 3.10. The van der Waals surface area contributed by atoms with Crippen LogP contribution in [-0.2, 0) is 13.0 Å². The second-order valence-corrected chi connectivity index (χ2v) is 4.81. The van der Waals surface area contributed by atoms with Gasteiger partial charge in [-0.15, -0.1) is 0 Å². The Labute approximate surface area is 110 Å². The molecule has 1 aliphatic carbocycles. The van der Waals surface area contributed by atoms with E-state index in [2.05, 4.69) is 4.98 Å². The summed E-state index contributed by atoms with van der Waals surface area (Å²) in [6.07, 6.45) is -2.08. The minimum atomic E-state index is -4.24. The maximum absolute atomic E-state index is 12.6. The number of rotatable bonds is 5. The number of aromatic nitrogens is 1. The van der Waals surface area contributed by atoms with Gasteiger partial charge < -0.3 is 10.0 Å². The van der Waals surface area contributed by atoms with E-state index in [4.69, 9.17) is 0 Å². The molecule has 2 rings (SSSR count). The van der Waals surface area contributed by atoms with Gasteiger partial charge in [0.15, 0.2) is 0 Å². The Bertz CT molecular complexity index is 422. The van der Waals surface area contributed by atoms with Crippen LogP contribution < -0.4 is 4.90 Å². The van der Waals surface area contributed by atoms with Crippen LogP contribution in [0.2, 0.25) is 0 Å². The highest BCUT2D eigenvalue weighted by atomic mass is 19.4. The number of aliphatic hydroxyl groups excluding tert-OH is 1. The van der Waals surface area contributed by atoms with Crippen molar-refractivity contribution in [1.29, 1.82) is 0 Å². The smallest absolute Gasteiger partial charge is 0.392 e. The highest BCUT2D eigenvalue weighted by molar-refractivity contribution is 5.45. The van der Waals surface area contributed by atoms with Crippen molar-refractivity contribution >= 4 is 5.82 Å². The Balaban J connectivity index is 2.30. The number of aryl methyl sites for hydroxylation is 1. The van der Waals surface area contributed by atoms with Crippen molar-refractivity contribution in [3.05, 3.63) is 23.4 Å². The van der Waals surface area contributed by atoms with Crippen LogP contribution in [-0.4, -0.2) is 28.9 Å². The number of hydrogen-bond acceptors (Lipinski definition) is 3. The van der Waals surface area contributed by atoms with Crippen LogP contribution in [0.5, 0.6) is 0 Å². The summed E-state index contributed by atoms with van der Waals surface area (Å²) in [5, 5.41) is 9.18. The molecule has 0 radical (unpaired) electrons. The van der Waals surface area contributed by atoms with Crippen LogP contribution in [0.25, 0.3) is 0 Å². The highest BCUT2D eigenvalue weighted by Crippen LogP contribution is 2.34. The number of nitrogens with zero attached hydrogens (tertiary/aromatic N) is 2. The maximum Gasteiger partial charge on any atom is 0.405 e. The van der Waals surface area contributed by atoms with Gasteiger partial charge in [0, 0.05) is 11.7 Å². The first kappa shape index (κ1) is 14.1. The van der Waals surface area contributed by atoms with Crippen molar-refractivity contribution in [3.63, 3.8) is 0 Å². The summed E-state index contributed by atoms with van der Waals surface area (Å²) >= 11 is 0. The van der Waals surface area contributed by atoms with E-state index in [1.54, 1.807) is 12.1 Å². The molecule has 0 unspecified atom stereocenters. The Kier molecular flexibility index (Phi) is 3.99. The van der Waals surface area contributed by atoms with Gasteiger partial charge >= 0.3 is 6.18 Å². The SMILES string of the molecule is CCc1cc(CO)cc(N(CC(F)(F)F)C2CC2)n1.